The van der Waals surface area contributed by atoms with E-state index >= 15 is 0 Å². The zero-order valence-electron chi connectivity index (χ0n) is 18.4. The van der Waals surface area contributed by atoms with E-state index in [1.54, 1.807) is 12.3 Å². The maximum absolute atomic E-state index is 13.3. The quantitative estimate of drug-likeness (QED) is 0.769. The topological polar surface area (TPSA) is 83.5 Å². The van der Waals surface area contributed by atoms with Crippen molar-refractivity contribution >= 4 is 18.0 Å². The van der Waals surface area contributed by atoms with Gasteiger partial charge in [0.25, 0.3) is 5.91 Å². The van der Waals surface area contributed by atoms with Crippen LogP contribution in [0.15, 0.2) is 58.3 Å². The Labute approximate surface area is 188 Å². The first-order valence-electron chi connectivity index (χ1n) is 11.6. The summed E-state index contributed by atoms with van der Waals surface area (Å²) in [6.07, 6.45) is 14.3. The average Bonchev–Trinajstić information content (AvgIpc) is 3.20. The fourth-order valence-electron chi connectivity index (χ4n) is 7.13. The number of hydrogen-bond donors (Lipinski definition) is 2. The fraction of sp³-hybridized carbons (Fsp3) is 0.462. The molecular weight excluding hydrogens is 400 g/mol. The molecular formula is C26H28N4O2. The molecule has 5 aliphatic carbocycles. The van der Waals surface area contributed by atoms with Crippen LogP contribution in [0.2, 0.25) is 0 Å². The summed E-state index contributed by atoms with van der Waals surface area (Å²) in [4.78, 5) is 35.1. The lowest BCUT2D eigenvalue weighted by Crippen LogP contribution is -2.70. The summed E-state index contributed by atoms with van der Waals surface area (Å²) < 4.78 is 0. The summed E-state index contributed by atoms with van der Waals surface area (Å²) in [5.41, 5.74) is 3.69. The number of hydrogen-bond acceptors (Lipinski definition) is 4. The lowest BCUT2D eigenvalue weighted by molar-refractivity contribution is -0.124. The summed E-state index contributed by atoms with van der Waals surface area (Å²) >= 11 is 0. The SMILES string of the molecule is Cc1cccc(C(=O)NC23CC4CC(CC(NC(=O)C5=CC=C6N=CC=C6C5)(C4)C2)C3)n1. The summed E-state index contributed by atoms with van der Waals surface area (Å²) in [5.74, 6) is 1.01. The van der Waals surface area contributed by atoms with Gasteiger partial charge in [-0.15, -0.1) is 0 Å². The Kier molecular flexibility index (Phi) is 4.29. The number of allylic oxidation sites excluding steroid dienone is 4. The van der Waals surface area contributed by atoms with Crippen molar-refractivity contribution in [2.24, 2.45) is 16.8 Å². The number of fused-ring (bicyclic) bond motifs is 1. The first-order chi connectivity index (χ1) is 15.4. The van der Waals surface area contributed by atoms with E-state index in [1.165, 1.54) is 6.42 Å². The van der Waals surface area contributed by atoms with Crippen molar-refractivity contribution < 1.29 is 9.59 Å². The molecule has 1 aliphatic heterocycles. The molecule has 4 fully saturated rings. The van der Waals surface area contributed by atoms with E-state index in [2.05, 4.69) is 20.6 Å². The molecule has 1 aromatic rings. The number of aromatic nitrogens is 1. The first-order valence-corrected chi connectivity index (χ1v) is 11.6. The van der Waals surface area contributed by atoms with E-state index in [0.29, 0.717) is 24.0 Å². The van der Waals surface area contributed by atoms with Crippen LogP contribution >= 0.6 is 0 Å². The van der Waals surface area contributed by atoms with Gasteiger partial charge in [-0.2, -0.15) is 0 Å². The third kappa shape index (κ3) is 3.33. The molecule has 0 radical (unpaired) electrons. The molecule has 1 aromatic heterocycles. The zero-order chi connectivity index (χ0) is 21.9. The molecule has 6 aliphatic rings. The molecule has 0 saturated heterocycles. The molecule has 2 N–H and O–H groups in total. The number of pyridine rings is 1. The van der Waals surface area contributed by atoms with Gasteiger partial charge in [-0.1, -0.05) is 12.1 Å². The van der Waals surface area contributed by atoms with Crippen molar-refractivity contribution in [1.82, 2.24) is 15.6 Å². The minimum atomic E-state index is -0.254. The second-order valence-corrected chi connectivity index (χ2v) is 10.5. The van der Waals surface area contributed by atoms with Crippen molar-refractivity contribution in [3.8, 4) is 0 Å². The highest BCUT2D eigenvalue weighted by Gasteiger charge is 2.58. The number of amides is 2. The van der Waals surface area contributed by atoms with Gasteiger partial charge in [0.15, 0.2) is 0 Å². The van der Waals surface area contributed by atoms with E-state index in [0.717, 1.165) is 54.6 Å². The van der Waals surface area contributed by atoms with Gasteiger partial charge in [-0.25, -0.2) is 4.98 Å². The Hall–Kier alpha value is -3.02. The van der Waals surface area contributed by atoms with Crippen LogP contribution in [0.4, 0.5) is 0 Å². The molecule has 164 valence electrons. The molecule has 0 aromatic carbocycles. The second kappa shape index (κ2) is 6.99. The number of carbonyl (C=O) groups is 2. The van der Waals surface area contributed by atoms with Gasteiger partial charge in [-0.3, -0.25) is 14.6 Å². The van der Waals surface area contributed by atoms with Gasteiger partial charge in [0, 0.05) is 35.0 Å². The smallest absolute Gasteiger partial charge is 0.270 e. The average molecular weight is 429 g/mol. The van der Waals surface area contributed by atoms with Crippen molar-refractivity contribution in [2.45, 2.75) is 62.9 Å². The van der Waals surface area contributed by atoms with Crippen molar-refractivity contribution in [3.05, 3.63) is 64.7 Å². The fourth-order valence-corrected chi connectivity index (χ4v) is 7.13. The molecule has 4 bridgehead atoms. The Balaban J connectivity index is 1.22. The van der Waals surface area contributed by atoms with Crippen LogP contribution in [0.5, 0.6) is 0 Å². The maximum Gasteiger partial charge on any atom is 0.270 e. The van der Waals surface area contributed by atoms with E-state index in [9.17, 15) is 9.59 Å². The first kappa shape index (κ1) is 19.6. The summed E-state index contributed by atoms with van der Waals surface area (Å²) in [6.45, 7) is 1.90. The molecule has 2 amide bonds. The van der Waals surface area contributed by atoms with Crippen LogP contribution in [-0.2, 0) is 4.79 Å². The van der Waals surface area contributed by atoms with Crippen molar-refractivity contribution in [2.75, 3.05) is 0 Å². The van der Waals surface area contributed by atoms with Crippen molar-refractivity contribution in [3.63, 3.8) is 0 Å². The third-order valence-electron chi connectivity index (χ3n) is 7.87. The standard InChI is InChI=1S/C26H28N4O2/c1-16-3-2-4-22(28-16)24(32)30-26-13-17-9-18(14-26)12-25(11-17,15-26)29-23(31)20-5-6-21-19(10-20)7-8-27-21/h2-8,17-18H,9-15H2,1H3,(H,29,31)(H,30,32). The number of rotatable bonds is 4. The molecule has 2 heterocycles. The monoisotopic (exact) mass is 428 g/mol. The van der Waals surface area contributed by atoms with Crippen LogP contribution in [0.3, 0.4) is 0 Å². The highest BCUT2D eigenvalue weighted by molar-refractivity contribution is 5.96. The lowest BCUT2D eigenvalue weighted by Gasteiger charge is -2.62. The summed E-state index contributed by atoms with van der Waals surface area (Å²) in [7, 11) is 0. The molecule has 0 spiro atoms. The Bertz CT molecular complexity index is 1130. The molecule has 6 nitrogen and oxygen atoms in total. The van der Waals surface area contributed by atoms with Gasteiger partial charge in [0.2, 0.25) is 5.91 Å². The van der Waals surface area contributed by atoms with E-state index < -0.39 is 0 Å². The number of aliphatic imine (C=N–C) groups is 1. The van der Waals surface area contributed by atoms with Crippen LogP contribution in [0, 0.1) is 18.8 Å². The molecule has 6 heteroatoms. The Morgan fingerprint density at radius 3 is 2.41 bits per heavy atom. The lowest BCUT2D eigenvalue weighted by atomic mass is 9.49. The van der Waals surface area contributed by atoms with E-state index in [4.69, 9.17) is 0 Å². The number of carbonyl (C=O) groups excluding carboxylic acids is 2. The highest BCUT2D eigenvalue weighted by atomic mass is 16.2. The van der Waals surface area contributed by atoms with E-state index in [-0.39, 0.29) is 22.9 Å². The second-order valence-electron chi connectivity index (χ2n) is 10.5. The predicted octanol–water partition coefficient (Wildman–Crippen LogP) is 3.55. The van der Waals surface area contributed by atoms with Crippen LogP contribution in [0.1, 0.15) is 61.1 Å². The minimum absolute atomic E-state index is 0.0249. The third-order valence-corrected chi connectivity index (χ3v) is 7.87. The Morgan fingerprint density at radius 1 is 0.969 bits per heavy atom. The van der Waals surface area contributed by atoms with Gasteiger partial charge >= 0.3 is 0 Å². The predicted molar refractivity (Wildman–Crippen MR) is 122 cm³/mol. The number of aryl methyl sites for hydroxylation is 1. The number of nitrogens with zero attached hydrogens (tertiary/aromatic N) is 2. The maximum atomic E-state index is 13.3. The largest absolute Gasteiger partial charge is 0.347 e. The molecule has 2 atom stereocenters. The van der Waals surface area contributed by atoms with Crippen LogP contribution in [-0.4, -0.2) is 34.1 Å². The van der Waals surface area contributed by atoms with Crippen LogP contribution < -0.4 is 10.6 Å². The van der Waals surface area contributed by atoms with Crippen LogP contribution in [0.25, 0.3) is 0 Å². The number of nitrogens with one attached hydrogen (secondary N) is 2. The zero-order valence-corrected chi connectivity index (χ0v) is 18.4. The van der Waals surface area contributed by atoms with Gasteiger partial charge in [0.1, 0.15) is 5.69 Å². The summed E-state index contributed by atoms with van der Waals surface area (Å²) in [6, 6.07) is 5.55. The van der Waals surface area contributed by atoms with Crippen molar-refractivity contribution in [1.29, 1.82) is 0 Å². The van der Waals surface area contributed by atoms with Gasteiger partial charge in [0.05, 0.1) is 5.70 Å². The van der Waals surface area contributed by atoms with E-state index in [1.807, 2.05) is 37.3 Å². The van der Waals surface area contributed by atoms with Gasteiger partial charge < -0.3 is 10.6 Å². The normalized spacial score (nSPS) is 33.8. The molecule has 7 rings (SSSR count). The molecule has 32 heavy (non-hydrogen) atoms. The summed E-state index contributed by atoms with van der Waals surface area (Å²) in [5, 5.41) is 6.82. The molecule has 2 unspecified atom stereocenters. The highest BCUT2D eigenvalue weighted by Crippen LogP contribution is 2.57. The Morgan fingerprint density at radius 2 is 1.69 bits per heavy atom. The molecule has 4 saturated carbocycles. The van der Waals surface area contributed by atoms with Gasteiger partial charge in [-0.05, 0) is 87.1 Å². The minimum Gasteiger partial charge on any atom is -0.347 e.